The zero-order valence-corrected chi connectivity index (χ0v) is 45.4. The maximum atomic E-state index is 14.2. The number of aromatic amines is 1. The molecule has 2 rings (SSSR count). The number of nitrogens with zero attached hydrogens (tertiary/aromatic N) is 2. The number of nitrogens with two attached hydrogens (primary N) is 2. The number of H-pyrrole nitrogens is 1. The van der Waals surface area contributed by atoms with Crippen molar-refractivity contribution in [2.45, 2.75) is 166 Å². The number of hydrogen-bond acceptors (Lipinski definition) is 18. The summed E-state index contributed by atoms with van der Waals surface area (Å²) in [5.41, 5.74) is 11.4. The van der Waals surface area contributed by atoms with Crippen molar-refractivity contribution in [1.29, 1.82) is 0 Å². The number of aliphatic hydroxyl groups excluding tert-OH is 3. The summed E-state index contributed by atoms with van der Waals surface area (Å²) in [6.07, 6.45) is -0.363. The third-order valence-electron chi connectivity index (χ3n) is 12.7. The fourth-order valence-electron chi connectivity index (χ4n) is 7.94. The molecule has 1 aliphatic rings. The number of aromatic nitrogens is 2. The highest BCUT2D eigenvalue weighted by molar-refractivity contribution is 7.98. The first-order valence-corrected chi connectivity index (χ1v) is 26.6. The summed E-state index contributed by atoms with van der Waals surface area (Å²) in [5.74, 6) is -13.4. The van der Waals surface area contributed by atoms with Crippen LogP contribution in [0.1, 0.15) is 92.2 Å². The molecule has 438 valence electrons. The van der Waals surface area contributed by atoms with E-state index in [1.54, 1.807) is 34.0 Å². The summed E-state index contributed by atoms with van der Waals surface area (Å²) in [6, 6.07) is -15.3. The van der Waals surface area contributed by atoms with E-state index < -0.39 is 181 Å². The number of hydrogen-bond donors (Lipinski definition) is 16. The molecule has 0 bridgehead atoms. The van der Waals surface area contributed by atoms with Gasteiger partial charge in [0.2, 0.25) is 59.1 Å². The van der Waals surface area contributed by atoms with Crippen molar-refractivity contribution in [3.8, 4) is 0 Å². The van der Waals surface area contributed by atoms with Crippen molar-refractivity contribution in [1.82, 2.24) is 57.4 Å². The van der Waals surface area contributed by atoms with Crippen LogP contribution in [0.4, 0.5) is 0 Å². The lowest BCUT2D eigenvalue weighted by atomic mass is 9.96. The molecular formula is C47H77N13O17S. The Morgan fingerprint density at radius 2 is 1.24 bits per heavy atom. The Balaban J connectivity index is 2.35. The second-order valence-electron chi connectivity index (χ2n) is 19.3. The van der Waals surface area contributed by atoms with Gasteiger partial charge in [0.15, 0.2) is 0 Å². The van der Waals surface area contributed by atoms with Gasteiger partial charge in [0.1, 0.15) is 54.4 Å². The number of carbonyl (C=O) groups is 12. The molecule has 1 saturated heterocycles. The van der Waals surface area contributed by atoms with Crippen LogP contribution >= 0.6 is 11.8 Å². The van der Waals surface area contributed by atoms with Crippen LogP contribution in [-0.4, -0.2) is 209 Å². The summed E-state index contributed by atoms with van der Waals surface area (Å²) >= 11 is 1.29. The number of amides is 10. The third kappa shape index (κ3) is 21.1. The zero-order valence-electron chi connectivity index (χ0n) is 44.6. The largest absolute Gasteiger partial charge is 0.481 e. The van der Waals surface area contributed by atoms with Gasteiger partial charge in [-0.3, -0.25) is 52.7 Å². The van der Waals surface area contributed by atoms with Crippen molar-refractivity contribution < 1.29 is 83.1 Å². The fraction of sp³-hybridized carbons (Fsp3) is 0.681. The molecule has 0 aromatic carbocycles. The van der Waals surface area contributed by atoms with Gasteiger partial charge in [0.05, 0.1) is 37.6 Å². The monoisotopic (exact) mass is 1130 g/mol. The average Bonchev–Trinajstić information content (AvgIpc) is 4.09. The molecule has 10 amide bonds. The van der Waals surface area contributed by atoms with Gasteiger partial charge in [0, 0.05) is 31.3 Å². The standard InChI is InChI=1S/C47H77N13O17S/c1-8-22(4)35(57-38(67)26(48)17-33(65)66)44(73)56-34(21(2)3)43(72)53-28(13-15-78-7)40(69)58-36(23(5)62)45(74)52-27(11-12-32(49)64)39(68)59-37(24(6)63)46(75)60-14-9-10-31(60)42(71)54-29(16-25-18-50-20-51-25)41(70)55-30(19-61)47(76)77/h18,20-24,26-31,34-37,61-63H,8-17,19,48H2,1-7H3,(H2,49,64)(H,50,51)(H,52,74)(H,53,72)(H,54,71)(H,55,70)(H,56,73)(H,57,67)(H,58,69)(H,59,68)(H,65,66)(H,76,77)/t22-,23+,24+,26-,27-,28-,29-,30-,31-,34-,35-,36-,37-/m0/s1. The molecular weight excluding hydrogens is 1050 g/mol. The Kier molecular flexibility index (Phi) is 28.2. The highest BCUT2D eigenvalue weighted by Crippen LogP contribution is 2.21. The molecule has 0 radical (unpaired) electrons. The Bertz CT molecular complexity index is 2250. The number of nitrogens with one attached hydrogen (secondary N) is 9. The molecule has 0 unspecified atom stereocenters. The van der Waals surface area contributed by atoms with Gasteiger partial charge in [-0.2, -0.15) is 11.8 Å². The van der Waals surface area contributed by atoms with Crippen LogP contribution in [0.3, 0.4) is 0 Å². The van der Waals surface area contributed by atoms with Gasteiger partial charge in [-0.25, -0.2) is 9.78 Å². The molecule has 0 aliphatic carbocycles. The van der Waals surface area contributed by atoms with Gasteiger partial charge in [-0.05, 0) is 63.4 Å². The molecule has 1 fully saturated rings. The van der Waals surface area contributed by atoms with Gasteiger partial charge in [-0.15, -0.1) is 0 Å². The van der Waals surface area contributed by atoms with E-state index in [1.165, 1.54) is 24.3 Å². The van der Waals surface area contributed by atoms with E-state index >= 15 is 0 Å². The lowest BCUT2D eigenvalue weighted by molar-refractivity contribution is -0.145. The van der Waals surface area contributed by atoms with Crippen molar-refractivity contribution >= 4 is 82.8 Å². The molecule has 18 N–H and O–H groups in total. The minimum Gasteiger partial charge on any atom is -0.481 e. The van der Waals surface area contributed by atoms with Crippen molar-refractivity contribution in [3.63, 3.8) is 0 Å². The number of imidazole rings is 1. The van der Waals surface area contributed by atoms with Crippen molar-refractivity contribution in [3.05, 3.63) is 18.2 Å². The van der Waals surface area contributed by atoms with Crippen molar-refractivity contribution in [2.24, 2.45) is 23.3 Å². The van der Waals surface area contributed by atoms with Gasteiger partial charge in [-0.1, -0.05) is 34.1 Å². The number of aliphatic hydroxyl groups is 3. The lowest BCUT2D eigenvalue weighted by Crippen LogP contribution is -2.63. The first-order valence-electron chi connectivity index (χ1n) is 25.2. The molecule has 0 spiro atoms. The number of carbonyl (C=O) groups excluding carboxylic acids is 10. The van der Waals surface area contributed by atoms with E-state index in [-0.39, 0.29) is 38.0 Å². The second kappa shape index (κ2) is 32.7. The number of rotatable bonds is 34. The van der Waals surface area contributed by atoms with Gasteiger partial charge in [0.25, 0.3) is 0 Å². The van der Waals surface area contributed by atoms with Crippen LogP contribution < -0.4 is 54.0 Å². The SMILES string of the molecule is CC[C@H](C)[C@H](NC(=O)[C@@H](N)CC(=O)O)C(=O)N[C@H](C(=O)N[C@@H](CCSC)C(=O)N[C@H](C(=O)N[C@@H](CCC(N)=O)C(=O)N[C@H](C(=O)N1CCC[C@H]1C(=O)N[C@@H](Cc1cnc[nH]1)C(=O)N[C@@H](CO)C(=O)O)[C@@H](C)O)[C@@H](C)O)C(C)C. The maximum absolute atomic E-state index is 14.2. The average molecular weight is 1130 g/mol. The normalized spacial score (nSPS) is 17.8. The first-order chi connectivity index (χ1) is 36.6. The summed E-state index contributed by atoms with van der Waals surface area (Å²) in [7, 11) is 0. The number of carboxylic acids is 2. The Hall–Kier alpha value is -6.96. The van der Waals surface area contributed by atoms with E-state index in [4.69, 9.17) is 16.6 Å². The van der Waals surface area contributed by atoms with E-state index in [9.17, 15) is 78.0 Å². The van der Waals surface area contributed by atoms with Crippen LogP contribution in [0.25, 0.3) is 0 Å². The number of primary amides is 1. The predicted molar refractivity (Wildman–Crippen MR) is 277 cm³/mol. The van der Waals surface area contributed by atoms with E-state index in [1.807, 2.05) is 0 Å². The van der Waals surface area contributed by atoms with E-state index in [0.717, 1.165) is 18.7 Å². The first kappa shape index (κ1) is 67.2. The minimum atomic E-state index is -1.85. The van der Waals surface area contributed by atoms with Gasteiger partial charge >= 0.3 is 11.9 Å². The lowest BCUT2D eigenvalue weighted by Gasteiger charge is -2.32. The second-order valence-corrected chi connectivity index (χ2v) is 20.3. The van der Waals surface area contributed by atoms with E-state index in [2.05, 4.69) is 52.5 Å². The smallest absolute Gasteiger partial charge is 0.328 e. The van der Waals surface area contributed by atoms with Crippen LogP contribution in [0, 0.1) is 11.8 Å². The topological polar surface area (TPSA) is 486 Å². The maximum Gasteiger partial charge on any atom is 0.328 e. The van der Waals surface area contributed by atoms with E-state index in [0.29, 0.717) is 12.1 Å². The molecule has 30 nitrogen and oxygen atoms in total. The van der Waals surface area contributed by atoms with Crippen LogP contribution in [0.2, 0.25) is 0 Å². The Labute approximate surface area is 454 Å². The van der Waals surface area contributed by atoms with Crippen LogP contribution in [0.15, 0.2) is 12.5 Å². The molecule has 13 atom stereocenters. The molecule has 1 aliphatic heterocycles. The molecule has 0 saturated carbocycles. The summed E-state index contributed by atoms with van der Waals surface area (Å²) < 4.78 is 0. The summed E-state index contributed by atoms with van der Waals surface area (Å²) in [6.45, 7) is 7.79. The Morgan fingerprint density at radius 3 is 1.74 bits per heavy atom. The molecule has 1 aromatic rings. The zero-order chi connectivity index (χ0) is 59.1. The number of likely N-dealkylation sites (tertiary alicyclic amines) is 1. The predicted octanol–water partition coefficient (Wildman–Crippen LogP) is -5.82. The molecule has 31 heteroatoms. The highest BCUT2D eigenvalue weighted by Gasteiger charge is 2.42. The molecule has 78 heavy (non-hydrogen) atoms. The number of thioether (sulfide) groups is 1. The van der Waals surface area contributed by atoms with Crippen LogP contribution in [-0.2, 0) is 64.0 Å². The molecule has 1 aromatic heterocycles. The Morgan fingerprint density at radius 1 is 0.718 bits per heavy atom. The summed E-state index contributed by atoms with van der Waals surface area (Å²) in [5, 5.41) is 68.9. The summed E-state index contributed by atoms with van der Waals surface area (Å²) in [4.78, 5) is 166. The minimum absolute atomic E-state index is 0.0414. The number of carboxylic acid groups (broad SMARTS) is 2. The quantitative estimate of drug-likeness (QED) is 0.0306. The highest BCUT2D eigenvalue weighted by atomic mass is 32.2. The molecule has 2 heterocycles. The van der Waals surface area contributed by atoms with Crippen LogP contribution in [0.5, 0.6) is 0 Å². The third-order valence-corrected chi connectivity index (χ3v) is 13.3. The van der Waals surface area contributed by atoms with Gasteiger partial charge < -0.3 is 89.4 Å². The number of aliphatic carboxylic acids is 2. The fourth-order valence-corrected chi connectivity index (χ4v) is 8.41. The van der Waals surface area contributed by atoms with Crippen molar-refractivity contribution in [2.75, 3.05) is 25.2 Å².